The van der Waals surface area contributed by atoms with E-state index in [0.717, 1.165) is 18.9 Å². The summed E-state index contributed by atoms with van der Waals surface area (Å²) in [5.41, 5.74) is 1.35. The Kier molecular flexibility index (Phi) is 7.94. The topological polar surface area (TPSA) is 196 Å². The molecule has 0 aromatic heterocycles. The summed E-state index contributed by atoms with van der Waals surface area (Å²) in [5.74, 6) is -14.0. The van der Waals surface area contributed by atoms with Crippen molar-refractivity contribution in [1.82, 2.24) is 10.2 Å². The number of hydrogen-bond donors (Lipinski definition) is 5. The van der Waals surface area contributed by atoms with Crippen LogP contribution in [0, 0.1) is 29.5 Å². The van der Waals surface area contributed by atoms with E-state index in [2.05, 4.69) is 10.6 Å². The number of rotatable bonds is 8. The number of aliphatic hydroxyl groups is 1. The van der Waals surface area contributed by atoms with E-state index in [-0.39, 0.29) is 30.6 Å². The van der Waals surface area contributed by atoms with Crippen molar-refractivity contribution in [3.63, 3.8) is 0 Å². The van der Waals surface area contributed by atoms with Crippen LogP contribution in [0.1, 0.15) is 42.1 Å². The second-order valence-corrected chi connectivity index (χ2v) is 11.0. The Morgan fingerprint density at radius 1 is 1.20 bits per heavy atom. The van der Waals surface area contributed by atoms with Crippen LogP contribution in [0.2, 0.25) is 0 Å². The zero-order chi connectivity index (χ0) is 29.7. The molecule has 4 rings (SSSR count). The Balaban J connectivity index is 1.72. The number of likely N-dealkylation sites (N-methyl/N-ethyl adjacent to an activating group) is 1. The van der Waals surface area contributed by atoms with Gasteiger partial charge < -0.3 is 26.6 Å². The number of ketones is 4. The number of nitrogens with zero attached hydrogens (tertiary/aromatic N) is 1. The van der Waals surface area contributed by atoms with Crippen LogP contribution in [0.3, 0.4) is 0 Å². The number of carbonyl (C=O) groups is 6. The average Bonchev–Trinajstić information content (AvgIpc) is 2.86. The first-order chi connectivity index (χ1) is 18.8. The summed E-state index contributed by atoms with van der Waals surface area (Å²) in [6, 6.07) is -0.358. The number of unbranched alkanes of at least 4 members (excludes halogenated alkanes) is 1. The molecule has 0 aliphatic heterocycles. The molecule has 2 unspecified atom stereocenters. The smallest absolute Gasteiger partial charge is 0.238 e. The Bertz CT molecular complexity index is 1310. The van der Waals surface area contributed by atoms with Gasteiger partial charge in [-0.15, -0.1) is 0 Å². The van der Waals surface area contributed by atoms with Crippen LogP contribution in [0.4, 0.5) is 10.1 Å². The molecule has 0 saturated heterocycles. The molecule has 2 fully saturated rings. The van der Waals surface area contributed by atoms with Gasteiger partial charge in [-0.25, -0.2) is 4.39 Å². The number of amides is 2. The maximum Gasteiger partial charge on any atom is 0.238 e. The van der Waals surface area contributed by atoms with Crippen molar-refractivity contribution in [2.75, 3.05) is 32.5 Å². The lowest BCUT2D eigenvalue weighted by Gasteiger charge is -2.52. The van der Waals surface area contributed by atoms with Gasteiger partial charge in [0.1, 0.15) is 11.6 Å². The number of carbonyl (C=O) groups excluding carboxylic acids is 6. The Morgan fingerprint density at radius 3 is 2.48 bits per heavy atom. The van der Waals surface area contributed by atoms with Gasteiger partial charge in [-0.3, -0.25) is 33.7 Å². The Labute approximate surface area is 229 Å². The summed E-state index contributed by atoms with van der Waals surface area (Å²) in [5, 5.41) is 27.7. The molecule has 13 heteroatoms. The molecule has 12 nitrogen and oxygen atoms in total. The summed E-state index contributed by atoms with van der Waals surface area (Å²) in [6.45, 7) is 2.42. The van der Waals surface area contributed by atoms with Gasteiger partial charge in [-0.05, 0) is 45.8 Å². The molecule has 6 atom stereocenters. The molecular formula is C27H33FN4O8. The van der Waals surface area contributed by atoms with Crippen LogP contribution in [-0.4, -0.2) is 88.9 Å². The maximum atomic E-state index is 15.3. The van der Waals surface area contributed by atoms with E-state index in [1.807, 2.05) is 6.92 Å². The Hall–Kier alpha value is -3.55. The van der Waals surface area contributed by atoms with E-state index >= 15 is 4.39 Å². The quantitative estimate of drug-likeness (QED) is 0.155. The van der Waals surface area contributed by atoms with Crippen LogP contribution >= 0.6 is 0 Å². The molecular weight excluding hydrogens is 527 g/mol. The lowest BCUT2D eigenvalue weighted by molar-refractivity contribution is -0.181. The number of Topliss-reactive ketones (excluding diaryl/α,β-unsaturated/α-hetero) is 4. The number of primary amides is 1. The van der Waals surface area contributed by atoms with E-state index in [0.29, 0.717) is 6.54 Å². The molecule has 1 aromatic carbocycles. The molecule has 40 heavy (non-hydrogen) atoms. The lowest BCUT2D eigenvalue weighted by atomic mass is 9.52. The highest BCUT2D eigenvalue weighted by Crippen LogP contribution is 2.51. The number of benzene rings is 1. The molecule has 0 heterocycles. The average molecular weight is 561 g/mol. The molecule has 3 aliphatic rings. The first-order valence-electron chi connectivity index (χ1n) is 13.2. The lowest BCUT2D eigenvalue weighted by Crippen LogP contribution is -2.74. The second kappa shape index (κ2) is 10.8. The molecule has 2 saturated carbocycles. The second-order valence-electron chi connectivity index (χ2n) is 11.0. The predicted molar refractivity (Wildman–Crippen MR) is 138 cm³/mol. The van der Waals surface area contributed by atoms with Gasteiger partial charge in [0.15, 0.2) is 34.7 Å². The van der Waals surface area contributed by atoms with Crippen LogP contribution in [0.15, 0.2) is 6.07 Å². The fourth-order valence-corrected chi connectivity index (χ4v) is 6.42. The van der Waals surface area contributed by atoms with Gasteiger partial charge in [0.25, 0.3) is 0 Å². The number of phenolic OH excluding ortho intramolecular Hbond substituents is 1. The highest BCUT2D eigenvalue weighted by molar-refractivity contribution is 6.32. The minimum absolute atomic E-state index is 0.126. The molecule has 0 spiro atoms. The summed E-state index contributed by atoms with van der Waals surface area (Å²) >= 11 is 0. The van der Waals surface area contributed by atoms with Crippen LogP contribution < -0.4 is 16.4 Å². The fraction of sp³-hybridized carbons (Fsp3) is 0.556. The van der Waals surface area contributed by atoms with Gasteiger partial charge in [0, 0.05) is 17.5 Å². The third-order valence-electron chi connectivity index (χ3n) is 8.27. The summed E-state index contributed by atoms with van der Waals surface area (Å²) < 4.78 is 15.3. The van der Waals surface area contributed by atoms with Gasteiger partial charge in [-0.1, -0.05) is 13.3 Å². The van der Waals surface area contributed by atoms with Crippen molar-refractivity contribution in [2.45, 2.75) is 44.2 Å². The fourth-order valence-electron chi connectivity index (χ4n) is 6.42. The van der Waals surface area contributed by atoms with E-state index < -0.39 is 87.4 Å². The molecule has 3 aliphatic carbocycles. The summed E-state index contributed by atoms with van der Waals surface area (Å²) in [4.78, 5) is 79.5. The zero-order valence-corrected chi connectivity index (χ0v) is 22.5. The van der Waals surface area contributed by atoms with Crippen molar-refractivity contribution >= 4 is 40.6 Å². The third kappa shape index (κ3) is 4.51. The van der Waals surface area contributed by atoms with Gasteiger partial charge in [0.2, 0.25) is 11.8 Å². The zero-order valence-electron chi connectivity index (χ0n) is 22.5. The van der Waals surface area contributed by atoms with Crippen LogP contribution in [0.25, 0.3) is 0 Å². The first-order valence-corrected chi connectivity index (χ1v) is 13.2. The van der Waals surface area contributed by atoms with Crippen molar-refractivity contribution in [3.05, 3.63) is 23.0 Å². The number of nitrogens with one attached hydrogen (secondary N) is 2. The number of anilines is 1. The molecule has 0 bridgehead atoms. The van der Waals surface area contributed by atoms with E-state index in [1.54, 1.807) is 0 Å². The molecule has 2 amide bonds. The normalized spacial score (nSPS) is 29.6. The molecule has 1 aromatic rings. The minimum Gasteiger partial charge on any atom is -0.505 e. The molecule has 6 N–H and O–H groups in total. The Morgan fingerprint density at radius 2 is 1.88 bits per heavy atom. The predicted octanol–water partition coefficient (Wildman–Crippen LogP) is -0.666. The summed E-state index contributed by atoms with van der Waals surface area (Å²) in [7, 11) is 2.95. The number of nitrogens with two attached hydrogens (primary N) is 1. The number of phenols is 1. The number of fused-ring (bicyclic) bond motifs is 3. The highest BCUT2D eigenvalue weighted by Gasteiger charge is 2.69. The van der Waals surface area contributed by atoms with Gasteiger partial charge in [0.05, 0.1) is 29.8 Å². The number of halogens is 1. The SMILES string of the molecule is CCCCNCC(=O)Nc1cc(F)c2c(c1O)C(=O)C1C(=O)[C@]3(O)C(=O)C(C(N)=O)C(=O)[C@@H](N(C)C)[C@@H]3C[C@@H]1C2. The number of hydrogen-bond acceptors (Lipinski definition) is 10. The van der Waals surface area contributed by atoms with Crippen LogP contribution in [0.5, 0.6) is 5.75 Å². The highest BCUT2D eigenvalue weighted by atomic mass is 19.1. The number of aromatic hydroxyl groups is 1. The maximum absolute atomic E-state index is 15.3. The van der Waals surface area contributed by atoms with Gasteiger partial charge in [-0.2, -0.15) is 0 Å². The minimum atomic E-state index is -2.87. The summed E-state index contributed by atoms with van der Waals surface area (Å²) in [6.07, 6.45) is 1.34. The van der Waals surface area contributed by atoms with Crippen LogP contribution in [-0.2, 0) is 30.4 Å². The van der Waals surface area contributed by atoms with E-state index in [4.69, 9.17) is 5.73 Å². The monoisotopic (exact) mass is 560 g/mol. The molecule has 216 valence electrons. The van der Waals surface area contributed by atoms with Crippen molar-refractivity contribution in [3.8, 4) is 5.75 Å². The van der Waals surface area contributed by atoms with Crippen molar-refractivity contribution in [1.29, 1.82) is 0 Å². The standard InChI is InChI=1S/C27H33FN4O8/c1-4-5-6-30-10-16(33)31-15-9-14(28)12-7-11-8-13-20(32(2)3)23(36)19(26(29)39)25(38)27(13,40)24(37)17(11)22(35)18(12)21(15)34/h9,11,13,17,19-20,30,34,40H,4-8,10H2,1-3H3,(H2,29,39)(H,31,33)/t11-,13-,17?,19?,20-,27-/m0/s1. The van der Waals surface area contributed by atoms with Crippen molar-refractivity contribution in [2.24, 2.45) is 29.4 Å². The first kappa shape index (κ1) is 29.4. The van der Waals surface area contributed by atoms with E-state index in [1.165, 1.54) is 19.0 Å². The molecule has 0 radical (unpaired) electrons. The van der Waals surface area contributed by atoms with Crippen molar-refractivity contribution < 1.29 is 43.4 Å². The largest absolute Gasteiger partial charge is 0.505 e. The van der Waals surface area contributed by atoms with Gasteiger partial charge >= 0.3 is 0 Å². The third-order valence-corrected chi connectivity index (χ3v) is 8.27. The van der Waals surface area contributed by atoms with E-state index in [9.17, 15) is 39.0 Å².